The number of hydrogen-bond acceptors (Lipinski definition) is 5. The highest BCUT2D eigenvalue weighted by Gasteiger charge is 2.33. The van der Waals surface area contributed by atoms with E-state index in [9.17, 15) is 4.79 Å². The van der Waals surface area contributed by atoms with E-state index in [0.717, 1.165) is 28.0 Å². The average Bonchev–Trinajstić information content (AvgIpc) is 2.96. The van der Waals surface area contributed by atoms with Crippen molar-refractivity contribution in [3.63, 3.8) is 0 Å². The first kappa shape index (κ1) is 17.1. The van der Waals surface area contributed by atoms with Gasteiger partial charge < -0.3 is 14.2 Å². The van der Waals surface area contributed by atoms with Gasteiger partial charge in [0.15, 0.2) is 6.10 Å². The second-order valence-electron chi connectivity index (χ2n) is 5.54. The second-order valence-corrected chi connectivity index (χ2v) is 6.53. The van der Waals surface area contributed by atoms with Gasteiger partial charge in [-0.3, -0.25) is 9.69 Å². The number of nitrogens with zero attached hydrogens (tertiary/aromatic N) is 1. The second kappa shape index (κ2) is 7.88. The van der Waals surface area contributed by atoms with Crippen LogP contribution in [0.25, 0.3) is 10.8 Å². The smallest absolute Gasteiger partial charge is 0.260 e. The van der Waals surface area contributed by atoms with E-state index in [1.165, 1.54) is 0 Å². The number of amides is 1. The summed E-state index contributed by atoms with van der Waals surface area (Å²) in [6.45, 7) is 1.24. The molecule has 6 heteroatoms. The number of thioether (sulfide) groups is 1. The molecule has 1 unspecified atom stereocenters. The SMILES string of the molecule is COCC1OCN(c2ccc3cc(OCCSC)ccc3c2)C1=O. The van der Waals surface area contributed by atoms with Gasteiger partial charge in [-0.05, 0) is 41.3 Å². The summed E-state index contributed by atoms with van der Waals surface area (Å²) in [6, 6.07) is 11.9. The van der Waals surface area contributed by atoms with Gasteiger partial charge in [-0.1, -0.05) is 12.1 Å². The lowest BCUT2D eigenvalue weighted by molar-refractivity contribution is -0.124. The van der Waals surface area contributed by atoms with Gasteiger partial charge >= 0.3 is 0 Å². The predicted octanol–water partition coefficient (Wildman–Crippen LogP) is 2.92. The number of ether oxygens (including phenoxy) is 3. The van der Waals surface area contributed by atoms with Crippen molar-refractivity contribution in [1.82, 2.24) is 0 Å². The molecular weight excluding hydrogens is 326 g/mol. The minimum Gasteiger partial charge on any atom is -0.493 e. The maximum absolute atomic E-state index is 12.3. The molecule has 1 fully saturated rings. The number of benzene rings is 2. The van der Waals surface area contributed by atoms with Gasteiger partial charge in [-0.15, -0.1) is 0 Å². The van der Waals surface area contributed by atoms with E-state index in [4.69, 9.17) is 14.2 Å². The number of anilines is 1. The van der Waals surface area contributed by atoms with Crippen LogP contribution in [0.1, 0.15) is 0 Å². The molecular formula is C18H21NO4S. The quantitative estimate of drug-likeness (QED) is 0.721. The summed E-state index contributed by atoms with van der Waals surface area (Å²) < 4.78 is 16.2. The van der Waals surface area contributed by atoms with E-state index in [0.29, 0.717) is 6.61 Å². The molecule has 5 nitrogen and oxygen atoms in total. The van der Waals surface area contributed by atoms with Gasteiger partial charge in [0.25, 0.3) is 5.91 Å². The van der Waals surface area contributed by atoms with Crippen molar-refractivity contribution < 1.29 is 19.0 Å². The molecule has 0 radical (unpaired) electrons. The molecule has 128 valence electrons. The van der Waals surface area contributed by atoms with Crippen LogP contribution in [0.4, 0.5) is 5.69 Å². The van der Waals surface area contributed by atoms with Crippen molar-refractivity contribution >= 4 is 34.1 Å². The van der Waals surface area contributed by atoms with Gasteiger partial charge in [0.2, 0.25) is 0 Å². The molecule has 1 heterocycles. The topological polar surface area (TPSA) is 48.0 Å². The lowest BCUT2D eigenvalue weighted by Gasteiger charge is -2.15. The first-order chi connectivity index (χ1) is 11.7. The van der Waals surface area contributed by atoms with E-state index in [1.807, 2.05) is 36.4 Å². The third kappa shape index (κ3) is 3.66. The molecule has 0 spiro atoms. The molecule has 1 atom stereocenters. The van der Waals surface area contributed by atoms with Crippen molar-refractivity contribution in [2.45, 2.75) is 6.10 Å². The number of hydrogen-bond donors (Lipinski definition) is 0. The Bertz CT molecular complexity index is 721. The number of carbonyl (C=O) groups excluding carboxylic acids is 1. The fourth-order valence-electron chi connectivity index (χ4n) is 2.66. The zero-order chi connectivity index (χ0) is 16.9. The summed E-state index contributed by atoms with van der Waals surface area (Å²) in [5, 5.41) is 2.15. The molecule has 0 N–H and O–H groups in total. The van der Waals surface area contributed by atoms with E-state index >= 15 is 0 Å². The summed E-state index contributed by atoms with van der Waals surface area (Å²) in [7, 11) is 1.56. The molecule has 1 aliphatic rings. The van der Waals surface area contributed by atoms with Gasteiger partial charge in [-0.2, -0.15) is 11.8 Å². The summed E-state index contributed by atoms with van der Waals surface area (Å²) in [6.07, 6.45) is 1.55. The zero-order valence-corrected chi connectivity index (χ0v) is 14.7. The monoisotopic (exact) mass is 347 g/mol. The Hall–Kier alpha value is -1.76. The summed E-state index contributed by atoms with van der Waals surface area (Å²) >= 11 is 1.76. The van der Waals surface area contributed by atoms with Crippen molar-refractivity contribution in [2.24, 2.45) is 0 Å². The molecule has 0 bridgehead atoms. The van der Waals surface area contributed by atoms with Crippen molar-refractivity contribution in [3.8, 4) is 5.75 Å². The largest absolute Gasteiger partial charge is 0.493 e. The van der Waals surface area contributed by atoms with E-state index < -0.39 is 6.10 Å². The third-order valence-electron chi connectivity index (χ3n) is 3.93. The van der Waals surface area contributed by atoms with Crippen LogP contribution in [-0.2, 0) is 14.3 Å². The van der Waals surface area contributed by atoms with Crippen LogP contribution in [0, 0.1) is 0 Å². The predicted molar refractivity (Wildman–Crippen MR) is 96.9 cm³/mol. The summed E-state index contributed by atoms with van der Waals surface area (Å²) in [5.41, 5.74) is 0.835. The fraction of sp³-hybridized carbons (Fsp3) is 0.389. The Labute approximate surface area is 145 Å². The summed E-state index contributed by atoms with van der Waals surface area (Å²) in [4.78, 5) is 14.0. The first-order valence-corrected chi connectivity index (χ1v) is 9.20. The van der Waals surface area contributed by atoms with Crippen molar-refractivity contribution in [1.29, 1.82) is 0 Å². The van der Waals surface area contributed by atoms with Crippen molar-refractivity contribution in [2.75, 3.05) is 44.0 Å². The molecule has 2 aromatic carbocycles. The van der Waals surface area contributed by atoms with Gasteiger partial charge in [-0.25, -0.2) is 0 Å². The molecule has 2 aromatic rings. The highest BCUT2D eigenvalue weighted by Crippen LogP contribution is 2.28. The molecule has 1 amide bonds. The fourth-order valence-corrected chi connectivity index (χ4v) is 2.91. The average molecular weight is 347 g/mol. The molecule has 0 aromatic heterocycles. The Morgan fingerprint density at radius 1 is 1.25 bits per heavy atom. The summed E-state index contributed by atoms with van der Waals surface area (Å²) in [5.74, 6) is 1.77. The van der Waals surface area contributed by atoms with Crippen LogP contribution in [0.5, 0.6) is 5.75 Å². The van der Waals surface area contributed by atoms with Gasteiger partial charge in [0.05, 0.1) is 13.2 Å². The van der Waals surface area contributed by atoms with Crippen LogP contribution in [-0.4, -0.2) is 51.1 Å². The third-order valence-corrected chi connectivity index (χ3v) is 4.50. The van der Waals surface area contributed by atoms with Crippen LogP contribution >= 0.6 is 11.8 Å². The van der Waals surface area contributed by atoms with Crippen molar-refractivity contribution in [3.05, 3.63) is 36.4 Å². The van der Waals surface area contributed by atoms with Crippen LogP contribution in [0.2, 0.25) is 0 Å². The number of carbonyl (C=O) groups is 1. The Kier molecular flexibility index (Phi) is 5.60. The minimum atomic E-state index is -0.516. The van der Waals surface area contributed by atoms with Gasteiger partial charge in [0.1, 0.15) is 12.5 Å². The minimum absolute atomic E-state index is 0.0618. The maximum Gasteiger partial charge on any atom is 0.260 e. The van der Waals surface area contributed by atoms with Gasteiger partial charge in [0, 0.05) is 18.6 Å². The Morgan fingerprint density at radius 3 is 2.83 bits per heavy atom. The molecule has 0 saturated carbocycles. The molecule has 0 aliphatic carbocycles. The van der Waals surface area contributed by atoms with E-state index in [2.05, 4.69) is 6.26 Å². The molecule has 1 saturated heterocycles. The first-order valence-electron chi connectivity index (χ1n) is 7.80. The van der Waals surface area contributed by atoms with Crippen LogP contribution in [0.3, 0.4) is 0 Å². The molecule has 3 rings (SSSR count). The highest BCUT2D eigenvalue weighted by molar-refractivity contribution is 7.98. The Morgan fingerprint density at radius 2 is 2.04 bits per heavy atom. The number of fused-ring (bicyclic) bond motifs is 1. The van der Waals surface area contributed by atoms with Crippen LogP contribution < -0.4 is 9.64 Å². The Balaban J connectivity index is 1.77. The van der Waals surface area contributed by atoms with Crippen LogP contribution in [0.15, 0.2) is 36.4 Å². The van der Waals surface area contributed by atoms with E-state index in [-0.39, 0.29) is 19.2 Å². The molecule has 24 heavy (non-hydrogen) atoms. The number of rotatable bonds is 7. The lowest BCUT2D eigenvalue weighted by atomic mass is 10.1. The molecule has 1 aliphatic heterocycles. The zero-order valence-electron chi connectivity index (χ0n) is 13.9. The maximum atomic E-state index is 12.3. The highest BCUT2D eigenvalue weighted by atomic mass is 32.2. The normalized spacial score (nSPS) is 17.7. The lowest BCUT2D eigenvalue weighted by Crippen LogP contribution is -2.31. The van der Waals surface area contributed by atoms with E-state index in [1.54, 1.807) is 23.8 Å². The standard InChI is InChI=1S/C18H21NO4S/c1-21-11-17-18(20)19(12-23-17)15-5-3-14-10-16(22-7-8-24-2)6-4-13(14)9-15/h3-6,9-10,17H,7-8,11-12H2,1-2H3. The number of methoxy groups -OCH3 is 1.